The Morgan fingerprint density at radius 3 is 2.43 bits per heavy atom. The van der Waals surface area contributed by atoms with Crippen LogP contribution in [0.4, 0.5) is 0 Å². The molecule has 2 nitrogen and oxygen atoms in total. The SMILES string of the molecule is CN(Cc1cc(Cl)cc(Cl)c1O)C1CC2CCC1(C)C2(C)C.Cl. The molecule has 0 spiro atoms. The zero-order valence-corrected chi connectivity index (χ0v) is 16.5. The highest BCUT2D eigenvalue weighted by atomic mass is 35.5. The van der Waals surface area contributed by atoms with Crippen molar-refractivity contribution in [1.29, 1.82) is 0 Å². The summed E-state index contributed by atoms with van der Waals surface area (Å²) >= 11 is 12.1. The molecule has 2 aliphatic carbocycles. The van der Waals surface area contributed by atoms with E-state index in [1.165, 1.54) is 19.3 Å². The number of rotatable bonds is 3. The Hall–Kier alpha value is -0.150. The fourth-order valence-electron chi connectivity index (χ4n) is 4.95. The average molecular weight is 379 g/mol. The Morgan fingerprint density at radius 1 is 1.26 bits per heavy atom. The van der Waals surface area contributed by atoms with Crippen LogP contribution in [0.25, 0.3) is 0 Å². The predicted molar refractivity (Wildman–Crippen MR) is 99.9 cm³/mol. The molecule has 0 amide bonds. The lowest BCUT2D eigenvalue weighted by Crippen LogP contribution is -2.45. The maximum Gasteiger partial charge on any atom is 0.138 e. The molecule has 130 valence electrons. The third-order valence-electron chi connectivity index (χ3n) is 6.81. The lowest BCUT2D eigenvalue weighted by Gasteiger charge is -2.43. The highest BCUT2D eigenvalue weighted by Crippen LogP contribution is 2.66. The largest absolute Gasteiger partial charge is 0.506 e. The quantitative estimate of drug-likeness (QED) is 0.722. The molecule has 1 aromatic rings. The second-order valence-electron chi connectivity index (χ2n) is 7.94. The molecule has 0 saturated heterocycles. The molecule has 2 fully saturated rings. The number of halogens is 3. The third-order valence-corrected chi connectivity index (χ3v) is 7.31. The Kier molecular flexibility index (Phi) is 5.25. The van der Waals surface area contributed by atoms with Crippen molar-refractivity contribution in [3.8, 4) is 5.75 Å². The summed E-state index contributed by atoms with van der Waals surface area (Å²) < 4.78 is 0. The van der Waals surface area contributed by atoms with Gasteiger partial charge in [-0.2, -0.15) is 0 Å². The summed E-state index contributed by atoms with van der Waals surface area (Å²) in [6.07, 6.45) is 3.89. The van der Waals surface area contributed by atoms with E-state index in [4.69, 9.17) is 23.2 Å². The van der Waals surface area contributed by atoms with Gasteiger partial charge in [0.25, 0.3) is 0 Å². The van der Waals surface area contributed by atoms with Gasteiger partial charge in [0, 0.05) is 23.2 Å². The lowest BCUT2D eigenvalue weighted by molar-refractivity contribution is 0.0538. The van der Waals surface area contributed by atoms with Crippen LogP contribution >= 0.6 is 35.6 Å². The molecule has 0 aromatic heterocycles. The van der Waals surface area contributed by atoms with Gasteiger partial charge in [-0.15, -0.1) is 12.4 Å². The molecule has 0 aliphatic heterocycles. The van der Waals surface area contributed by atoms with Gasteiger partial charge in [-0.3, -0.25) is 4.90 Å². The van der Waals surface area contributed by atoms with E-state index in [9.17, 15) is 5.11 Å². The Bertz CT molecular complexity index is 604. The molecular formula is C18H26Cl3NO. The van der Waals surface area contributed by atoms with Gasteiger partial charge in [0.05, 0.1) is 5.02 Å². The minimum Gasteiger partial charge on any atom is -0.506 e. The van der Waals surface area contributed by atoms with Gasteiger partial charge >= 0.3 is 0 Å². The van der Waals surface area contributed by atoms with Crippen LogP contribution in [0.5, 0.6) is 5.75 Å². The maximum absolute atomic E-state index is 10.2. The number of benzene rings is 1. The summed E-state index contributed by atoms with van der Waals surface area (Å²) in [5.74, 6) is 0.965. The second kappa shape index (κ2) is 6.29. The van der Waals surface area contributed by atoms with Crippen molar-refractivity contribution in [3.63, 3.8) is 0 Å². The lowest BCUT2D eigenvalue weighted by atomic mass is 9.69. The van der Waals surface area contributed by atoms with Crippen LogP contribution in [0.3, 0.4) is 0 Å². The van der Waals surface area contributed by atoms with Crippen molar-refractivity contribution in [1.82, 2.24) is 4.90 Å². The summed E-state index contributed by atoms with van der Waals surface area (Å²) in [6, 6.07) is 3.95. The molecule has 3 unspecified atom stereocenters. The summed E-state index contributed by atoms with van der Waals surface area (Å²) in [5.41, 5.74) is 1.54. The van der Waals surface area contributed by atoms with Gasteiger partial charge in [0.2, 0.25) is 0 Å². The second-order valence-corrected chi connectivity index (χ2v) is 8.78. The number of hydrogen-bond acceptors (Lipinski definition) is 2. The first-order chi connectivity index (χ1) is 10.2. The number of fused-ring (bicyclic) bond motifs is 2. The Labute approximate surface area is 155 Å². The van der Waals surface area contributed by atoms with E-state index in [0.717, 1.165) is 11.5 Å². The monoisotopic (exact) mass is 377 g/mol. The number of phenolic OH excluding ortho intramolecular Hbond substituents is 1. The number of hydrogen-bond donors (Lipinski definition) is 1. The molecule has 2 saturated carbocycles. The number of nitrogens with zero attached hydrogens (tertiary/aromatic N) is 1. The van der Waals surface area contributed by atoms with Crippen LogP contribution in [-0.4, -0.2) is 23.1 Å². The van der Waals surface area contributed by atoms with Gasteiger partial charge in [0.15, 0.2) is 0 Å². The van der Waals surface area contributed by atoms with Crippen LogP contribution in [0.2, 0.25) is 10.0 Å². The highest BCUT2D eigenvalue weighted by molar-refractivity contribution is 6.35. The van der Waals surface area contributed by atoms with E-state index in [1.807, 2.05) is 6.07 Å². The molecule has 1 aromatic carbocycles. The van der Waals surface area contributed by atoms with Crippen molar-refractivity contribution in [2.75, 3.05) is 7.05 Å². The molecule has 0 radical (unpaired) electrons. The van der Waals surface area contributed by atoms with Crippen LogP contribution in [0.15, 0.2) is 12.1 Å². The first-order valence-electron chi connectivity index (χ1n) is 8.04. The molecule has 3 atom stereocenters. The fraction of sp³-hybridized carbons (Fsp3) is 0.667. The van der Waals surface area contributed by atoms with Crippen LogP contribution < -0.4 is 0 Å². The van der Waals surface area contributed by atoms with Crippen molar-refractivity contribution in [2.24, 2.45) is 16.7 Å². The van der Waals surface area contributed by atoms with E-state index in [0.29, 0.717) is 33.5 Å². The number of phenols is 1. The first-order valence-corrected chi connectivity index (χ1v) is 8.79. The zero-order valence-electron chi connectivity index (χ0n) is 14.2. The summed E-state index contributed by atoms with van der Waals surface area (Å²) in [6.45, 7) is 7.96. The van der Waals surface area contributed by atoms with Crippen molar-refractivity contribution in [3.05, 3.63) is 27.7 Å². The van der Waals surface area contributed by atoms with Crippen LogP contribution in [0.1, 0.15) is 45.6 Å². The van der Waals surface area contributed by atoms with Gasteiger partial charge in [0.1, 0.15) is 5.75 Å². The van der Waals surface area contributed by atoms with Crippen molar-refractivity contribution < 1.29 is 5.11 Å². The zero-order chi connectivity index (χ0) is 16.3. The molecule has 2 bridgehead atoms. The first kappa shape index (κ1) is 19.2. The summed E-state index contributed by atoms with van der Waals surface area (Å²) in [5, 5.41) is 11.1. The van der Waals surface area contributed by atoms with Crippen LogP contribution in [0, 0.1) is 16.7 Å². The van der Waals surface area contributed by atoms with E-state index < -0.39 is 0 Å². The molecule has 0 heterocycles. The minimum absolute atomic E-state index is 0. The third kappa shape index (κ3) is 2.86. The molecule has 3 rings (SSSR count). The summed E-state index contributed by atoms with van der Waals surface area (Å²) in [7, 11) is 2.15. The minimum atomic E-state index is 0. The smallest absolute Gasteiger partial charge is 0.138 e. The predicted octanol–water partition coefficient (Wildman–Crippen LogP) is 5.77. The van der Waals surface area contributed by atoms with Gasteiger partial charge in [-0.1, -0.05) is 44.0 Å². The molecule has 23 heavy (non-hydrogen) atoms. The van der Waals surface area contributed by atoms with Crippen LogP contribution in [-0.2, 0) is 6.54 Å². The van der Waals surface area contributed by atoms with E-state index >= 15 is 0 Å². The average Bonchev–Trinajstić information content (AvgIpc) is 2.76. The maximum atomic E-state index is 10.2. The van der Waals surface area contributed by atoms with E-state index in [2.05, 4.69) is 32.7 Å². The molecular weight excluding hydrogens is 353 g/mol. The van der Waals surface area contributed by atoms with E-state index in [1.54, 1.807) is 6.07 Å². The fourth-order valence-corrected chi connectivity index (χ4v) is 5.48. The molecule has 2 aliphatic rings. The van der Waals surface area contributed by atoms with Gasteiger partial charge < -0.3 is 5.11 Å². The Balaban J connectivity index is 0.00000192. The summed E-state index contributed by atoms with van der Waals surface area (Å²) in [4.78, 5) is 2.38. The number of aromatic hydroxyl groups is 1. The van der Waals surface area contributed by atoms with Crippen molar-refractivity contribution in [2.45, 2.75) is 52.6 Å². The Morgan fingerprint density at radius 2 is 1.91 bits per heavy atom. The normalized spacial score (nSPS) is 31.4. The standard InChI is InChI=1S/C18H25Cl2NO.ClH/c1-17(2)12-5-6-18(17,3)15(8-12)21(4)10-11-7-13(19)9-14(20)16(11)22;/h7,9,12,15,22H,5-6,8,10H2,1-4H3;1H. The van der Waals surface area contributed by atoms with Gasteiger partial charge in [-0.25, -0.2) is 0 Å². The van der Waals surface area contributed by atoms with Gasteiger partial charge in [-0.05, 0) is 55.2 Å². The van der Waals surface area contributed by atoms with E-state index in [-0.39, 0.29) is 18.2 Å². The topological polar surface area (TPSA) is 23.5 Å². The highest BCUT2D eigenvalue weighted by Gasteiger charge is 2.62. The molecule has 1 N–H and O–H groups in total. The van der Waals surface area contributed by atoms with Crippen molar-refractivity contribution >= 4 is 35.6 Å². The molecule has 5 heteroatoms.